The van der Waals surface area contributed by atoms with Crippen LogP contribution in [0.25, 0.3) is 17.1 Å². The fourth-order valence-electron chi connectivity index (χ4n) is 4.06. The molecule has 3 aromatic heterocycles. The van der Waals surface area contributed by atoms with Gasteiger partial charge >= 0.3 is 5.97 Å². The van der Waals surface area contributed by atoms with Crippen LogP contribution in [-0.2, 0) is 18.3 Å². The first-order valence-corrected chi connectivity index (χ1v) is 11.2. The summed E-state index contributed by atoms with van der Waals surface area (Å²) in [5.41, 5.74) is 2.20. The van der Waals surface area contributed by atoms with E-state index in [2.05, 4.69) is 25.6 Å². The standard InChI is InChI=1S/C23H24N8O4/c1-29-9-8-20(27-29)31-14-19(25-28-31)18-13-24-26-22(18)23(34)30-10-6-17(7-11-30)35-16-4-2-15(3-5-16)12-21(32)33/h2-5,8-9,13-14,17H,6-7,10-12H2,1H3,(H,24,26)(H,32,33). The van der Waals surface area contributed by atoms with E-state index in [1.54, 1.807) is 50.9 Å². The minimum absolute atomic E-state index is 0.0180. The largest absolute Gasteiger partial charge is 0.490 e. The second kappa shape index (κ2) is 9.41. The highest BCUT2D eigenvalue weighted by atomic mass is 16.5. The van der Waals surface area contributed by atoms with Crippen molar-refractivity contribution in [3.8, 4) is 22.8 Å². The molecule has 0 aliphatic carbocycles. The molecule has 1 aliphatic rings. The van der Waals surface area contributed by atoms with Gasteiger partial charge in [-0.15, -0.1) is 5.10 Å². The number of carboxylic acid groups (broad SMARTS) is 1. The molecule has 12 nitrogen and oxygen atoms in total. The zero-order chi connectivity index (χ0) is 24.4. The van der Waals surface area contributed by atoms with E-state index in [9.17, 15) is 9.59 Å². The van der Waals surface area contributed by atoms with Gasteiger partial charge in [-0.05, 0) is 17.7 Å². The van der Waals surface area contributed by atoms with Crippen molar-refractivity contribution < 1.29 is 19.4 Å². The molecule has 0 spiro atoms. The molecule has 4 heterocycles. The maximum atomic E-state index is 13.2. The first-order chi connectivity index (χ1) is 17.0. The van der Waals surface area contributed by atoms with Crippen molar-refractivity contribution in [2.75, 3.05) is 13.1 Å². The van der Waals surface area contributed by atoms with Crippen molar-refractivity contribution in [1.82, 2.24) is 39.9 Å². The molecule has 180 valence electrons. The number of aromatic nitrogens is 7. The van der Waals surface area contributed by atoms with E-state index in [1.165, 1.54) is 0 Å². The van der Waals surface area contributed by atoms with Crippen LogP contribution < -0.4 is 4.74 Å². The fourth-order valence-corrected chi connectivity index (χ4v) is 4.06. The molecule has 1 saturated heterocycles. The van der Waals surface area contributed by atoms with E-state index in [-0.39, 0.29) is 18.4 Å². The number of piperidine rings is 1. The van der Waals surface area contributed by atoms with Gasteiger partial charge in [-0.1, -0.05) is 17.3 Å². The lowest BCUT2D eigenvalue weighted by Gasteiger charge is -2.32. The predicted molar refractivity (Wildman–Crippen MR) is 123 cm³/mol. The van der Waals surface area contributed by atoms with Crippen molar-refractivity contribution in [1.29, 1.82) is 0 Å². The van der Waals surface area contributed by atoms with Crippen molar-refractivity contribution in [2.24, 2.45) is 7.05 Å². The van der Waals surface area contributed by atoms with Gasteiger partial charge in [0.05, 0.1) is 24.4 Å². The number of aliphatic carboxylic acids is 1. The van der Waals surface area contributed by atoms with Crippen LogP contribution >= 0.6 is 0 Å². The number of aryl methyl sites for hydroxylation is 1. The number of benzene rings is 1. The van der Waals surface area contributed by atoms with Gasteiger partial charge in [-0.25, -0.2) is 0 Å². The average molecular weight is 476 g/mol. The quantitative estimate of drug-likeness (QED) is 0.410. The number of hydrogen-bond donors (Lipinski definition) is 2. The summed E-state index contributed by atoms with van der Waals surface area (Å²) in [7, 11) is 1.82. The molecule has 35 heavy (non-hydrogen) atoms. The molecule has 1 aliphatic heterocycles. The third kappa shape index (κ3) is 4.90. The monoisotopic (exact) mass is 476 g/mol. The number of H-pyrrole nitrogens is 1. The van der Waals surface area contributed by atoms with E-state index in [0.29, 0.717) is 54.4 Å². The SMILES string of the molecule is Cn1ccc(-n2cc(-c3cn[nH]c3C(=O)N3CCC(Oc4ccc(CC(=O)O)cc4)CC3)nn2)n1. The van der Waals surface area contributed by atoms with Crippen molar-refractivity contribution in [2.45, 2.75) is 25.4 Å². The normalized spacial score (nSPS) is 14.3. The summed E-state index contributed by atoms with van der Waals surface area (Å²) in [4.78, 5) is 25.8. The molecule has 1 fully saturated rings. The number of rotatable bonds is 7. The van der Waals surface area contributed by atoms with Crippen molar-refractivity contribution in [3.63, 3.8) is 0 Å². The summed E-state index contributed by atoms with van der Waals surface area (Å²) in [6, 6.07) is 8.89. The van der Waals surface area contributed by atoms with Crippen LogP contribution in [0.15, 0.2) is 48.9 Å². The van der Waals surface area contributed by atoms with Gasteiger partial charge in [0.1, 0.15) is 23.2 Å². The smallest absolute Gasteiger partial charge is 0.307 e. The van der Waals surface area contributed by atoms with E-state index in [0.717, 1.165) is 5.56 Å². The zero-order valence-corrected chi connectivity index (χ0v) is 19.0. The molecule has 0 atom stereocenters. The lowest BCUT2D eigenvalue weighted by atomic mass is 10.1. The van der Waals surface area contributed by atoms with Gasteiger partial charge in [-0.3, -0.25) is 19.4 Å². The molecule has 0 bridgehead atoms. The zero-order valence-electron chi connectivity index (χ0n) is 19.0. The number of carbonyl (C=O) groups is 2. The van der Waals surface area contributed by atoms with E-state index < -0.39 is 5.97 Å². The topological polar surface area (TPSA) is 144 Å². The Hall–Kier alpha value is -4.48. The van der Waals surface area contributed by atoms with Gasteiger partial charge < -0.3 is 14.7 Å². The second-order valence-electron chi connectivity index (χ2n) is 8.38. The highest BCUT2D eigenvalue weighted by Gasteiger charge is 2.28. The van der Waals surface area contributed by atoms with E-state index in [4.69, 9.17) is 9.84 Å². The fraction of sp³-hybridized carbons (Fsp3) is 0.304. The van der Waals surface area contributed by atoms with Crippen molar-refractivity contribution >= 4 is 11.9 Å². The Kier molecular flexibility index (Phi) is 6.00. The third-order valence-corrected chi connectivity index (χ3v) is 5.87. The van der Waals surface area contributed by atoms with Gasteiger partial charge in [0.15, 0.2) is 5.82 Å². The average Bonchev–Trinajstić information content (AvgIpc) is 3.60. The molecule has 12 heteroatoms. The van der Waals surface area contributed by atoms with Gasteiger partial charge in [-0.2, -0.15) is 14.9 Å². The number of nitrogens with one attached hydrogen (secondary N) is 1. The molecule has 0 saturated carbocycles. The number of amides is 1. The maximum absolute atomic E-state index is 13.2. The number of ether oxygens (including phenoxy) is 1. The first-order valence-electron chi connectivity index (χ1n) is 11.2. The van der Waals surface area contributed by atoms with Crippen LogP contribution in [0.1, 0.15) is 28.9 Å². The molecule has 5 rings (SSSR count). The Morgan fingerprint density at radius 2 is 1.94 bits per heavy atom. The molecule has 2 N–H and O–H groups in total. The van der Waals surface area contributed by atoms with Crippen LogP contribution in [0.5, 0.6) is 5.75 Å². The van der Waals surface area contributed by atoms with Gasteiger partial charge in [0.25, 0.3) is 5.91 Å². The summed E-state index contributed by atoms with van der Waals surface area (Å²) in [5.74, 6) is 0.298. The summed E-state index contributed by atoms with van der Waals surface area (Å²) in [6.07, 6.45) is 6.42. The Bertz CT molecular complexity index is 1330. The third-order valence-electron chi connectivity index (χ3n) is 5.87. The van der Waals surface area contributed by atoms with Gasteiger partial charge in [0, 0.05) is 45.2 Å². The molecule has 4 aromatic rings. The number of carboxylic acids is 1. The van der Waals surface area contributed by atoms with Crippen LogP contribution in [0.4, 0.5) is 0 Å². The highest BCUT2D eigenvalue weighted by molar-refractivity contribution is 5.98. The van der Waals surface area contributed by atoms with Crippen LogP contribution in [0.3, 0.4) is 0 Å². The van der Waals surface area contributed by atoms with Crippen LogP contribution in [0.2, 0.25) is 0 Å². The molecular weight excluding hydrogens is 452 g/mol. The number of nitrogens with zero attached hydrogens (tertiary/aromatic N) is 7. The molecule has 1 aromatic carbocycles. The Morgan fingerprint density at radius 1 is 1.17 bits per heavy atom. The lowest BCUT2D eigenvalue weighted by molar-refractivity contribution is -0.136. The Balaban J connectivity index is 1.20. The minimum Gasteiger partial charge on any atom is -0.490 e. The maximum Gasteiger partial charge on any atom is 0.307 e. The number of aromatic amines is 1. The molecular formula is C23H24N8O4. The molecule has 0 radical (unpaired) electrons. The molecule has 1 amide bonds. The summed E-state index contributed by atoms with van der Waals surface area (Å²) in [6.45, 7) is 1.08. The lowest BCUT2D eigenvalue weighted by Crippen LogP contribution is -2.42. The van der Waals surface area contributed by atoms with E-state index in [1.807, 2.05) is 19.3 Å². The summed E-state index contributed by atoms with van der Waals surface area (Å²) < 4.78 is 9.26. The second-order valence-corrected chi connectivity index (χ2v) is 8.38. The number of carbonyl (C=O) groups excluding carboxylic acids is 1. The van der Waals surface area contributed by atoms with Crippen LogP contribution in [0, 0.1) is 0 Å². The summed E-state index contributed by atoms with van der Waals surface area (Å²) in [5, 5.41) is 28.4. The van der Waals surface area contributed by atoms with Crippen molar-refractivity contribution in [3.05, 3.63) is 60.2 Å². The Labute approximate surface area is 200 Å². The first kappa shape index (κ1) is 22.3. The number of hydrogen-bond acceptors (Lipinski definition) is 7. The predicted octanol–water partition coefficient (Wildman–Crippen LogP) is 1.70. The Morgan fingerprint density at radius 3 is 2.63 bits per heavy atom. The molecule has 0 unspecified atom stereocenters. The minimum atomic E-state index is -0.867. The van der Waals surface area contributed by atoms with Gasteiger partial charge in [0.2, 0.25) is 0 Å². The van der Waals surface area contributed by atoms with E-state index >= 15 is 0 Å². The highest BCUT2D eigenvalue weighted by Crippen LogP contribution is 2.24. The number of likely N-dealkylation sites (tertiary alicyclic amines) is 1. The van der Waals surface area contributed by atoms with Crippen LogP contribution in [-0.4, -0.2) is 76.0 Å². The summed E-state index contributed by atoms with van der Waals surface area (Å²) >= 11 is 0.